The molecule has 0 unspecified atom stereocenters. The molecule has 2 aromatic carbocycles. The third kappa shape index (κ3) is 3.31. The fraction of sp³-hybridized carbons (Fsp3) is 0.263. The van der Waals surface area contributed by atoms with Crippen LogP contribution in [0.25, 0.3) is 0 Å². The van der Waals surface area contributed by atoms with E-state index in [-0.39, 0.29) is 17.2 Å². The molecule has 1 N–H and O–H groups in total. The van der Waals surface area contributed by atoms with E-state index in [0.717, 1.165) is 23.4 Å². The maximum absolute atomic E-state index is 12.5. The van der Waals surface area contributed by atoms with E-state index in [4.69, 9.17) is 0 Å². The maximum Gasteiger partial charge on any atom is 0.238 e. The van der Waals surface area contributed by atoms with Gasteiger partial charge in [-0.3, -0.25) is 14.5 Å². The summed E-state index contributed by atoms with van der Waals surface area (Å²) in [5.41, 5.74) is 3.99. The van der Waals surface area contributed by atoms with Crippen molar-refractivity contribution in [1.82, 2.24) is 0 Å². The largest absolute Gasteiger partial charge is 0.326 e. The zero-order valence-electron chi connectivity index (χ0n) is 13.8. The van der Waals surface area contributed by atoms with Gasteiger partial charge in [0.1, 0.15) is 5.37 Å². The topological polar surface area (TPSA) is 49.4 Å². The standard InChI is InChI=1S/C19H20N2O2S/c1-3-14-6-4-5-7-17(14)21-18(23)12-24-19(21)15-8-10-16(11-9-15)20-13(2)22/h4-11,19H,3,12H2,1-2H3,(H,20,22)/t19-/m1/s1. The molecule has 124 valence electrons. The number of thioether (sulfide) groups is 1. The molecule has 24 heavy (non-hydrogen) atoms. The van der Waals surface area contributed by atoms with Crippen LogP contribution in [0.5, 0.6) is 0 Å². The van der Waals surface area contributed by atoms with Gasteiger partial charge in [0.25, 0.3) is 0 Å². The van der Waals surface area contributed by atoms with Gasteiger partial charge in [-0.1, -0.05) is 37.3 Å². The van der Waals surface area contributed by atoms with Gasteiger partial charge in [0.2, 0.25) is 11.8 Å². The molecule has 1 aliphatic heterocycles. The number of anilines is 2. The van der Waals surface area contributed by atoms with Gasteiger partial charge in [0.15, 0.2) is 0 Å². The number of para-hydroxylation sites is 1. The second-order valence-corrected chi connectivity index (χ2v) is 6.78. The van der Waals surface area contributed by atoms with Crippen LogP contribution < -0.4 is 10.2 Å². The fourth-order valence-electron chi connectivity index (χ4n) is 2.91. The van der Waals surface area contributed by atoms with E-state index < -0.39 is 0 Å². The lowest BCUT2D eigenvalue weighted by molar-refractivity contribution is -0.116. The number of nitrogens with zero attached hydrogens (tertiary/aromatic N) is 1. The maximum atomic E-state index is 12.5. The lowest BCUT2D eigenvalue weighted by atomic mass is 10.1. The Labute approximate surface area is 146 Å². The van der Waals surface area contributed by atoms with Crippen LogP contribution in [-0.2, 0) is 16.0 Å². The van der Waals surface area contributed by atoms with E-state index >= 15 is 0 Å². The lowest BCUT2D eigenvalue weighted by Gasteiger charge is -2.26. The average Bonchev–Trinajstić information content (AvgIpc) is 2.96. The van der Waals surface area contributed by atoms with Crippen LogP contribution in [0.15, 0.2) is 48.5 Å². The van der Waals surface area contributed by atoms with Crippen LogP contribution in [0.1, 0.15) is 30.3 Å². The summed E-state index contributed by atoms with van der Waals surface area (Å²) in [7, 11) is 0. The minimum atomic E-state index is -0.0910. The van der Waals surface area contributed by atoms with Crippen LogP contribution in [0.2, 0.25) is 0 Å². The van der Waals surface area contributed by atoms with Gasteiger partial charge < -0.3 is 5.32 Å². The Hall–Kier alpha value is -2.27. The summed E-state index contributed by atoms with van der Waals surface area (Å²) < 4.78 is 0. The normalized spacial score (nSPS) is 17.2. The first-order chi connectivity index (χ1) is 11.6. The molecule has 3 rings (SSSR count). The summed E-state index contributed by atoms with van der Waals surface area (Å²) in [6, 6.07) is 15.8. The first-order valence-corrected chi connectivity index (χ1v) is 9.04. The molecule has 0 spiro atoms. The summed E-state index contributed by atoms with van der Waals surface area (Å²) >= 11 is 1.63. The number of benzene rings is 2. The highest BCUT2D eigenvalue weighted by atomic mass is 32.2. The molecule has 1 aliphatic rings. The molecule has 0 saturated carbocycles. The molecular weight excluding hydrogens is 320 g/mol. The van der Waals surface area contributed by atoms with Gasteiger partial charge in [-0.05, 0) is 35.7 Å². The molecule has 1 fully saturated rings. The number of aryl methyl sites for hydroxylation is 1. The van der Waals surface area contributed by atoms with E-state index in [9.17, 15) is 9.59 Å². The van der Waals surface area contributed by atoms with E-state index in [2.05, 4.69) is 18.3 Å². The first kappa shape index (κ1) is 16.6. The third-order valence-electron chi connectivity index (χ3n) is 4.02. The first-order valence-electron chi connectivity index (χ1n) is 7.99. The van der Waals surface area contributed by atoms with E-state index in [1.807, 2.05) is 47.4 Å². The van der Waals surface area contributed by atoms with Crippen molar-refractivity contribution in [2.24, 2.45) is 0 Å². The number of nitrogens with one attached hydrogen (secondary N) is 1. The van der Waals surface area contributed by atoms with Gasteiger partial charge in [-0.2, -0.15) is 0 Å². The smallest absolute Gasteiger partial charge is 0.238 e. The van der Waals surface area contributed by atoms with Gasteiger partial charge in [-0.25, -0.2) is 0 Å². The van der Waals surface area contributed by atoms with Crippen LogP contribution in [0.4, 0.5) is 11.4 Å². The van der Waals surface area contributed by atoms with Crippen LogP contribution in [-0.4, -0.2) is 17.6 Å². The number of hydrogen-bond acceptors (Lipinski definition) is 3. The second kappa shape index (κ2) is 7.09. The van der Waals surface area contributed by atoms with Crippen LogP contribution in [0.3, 0.4) is 0 Å². The van der Waals surface area contributed by atoms with E-state index in [0.29, 0.717) is 5.75 Å². The number of amides is 2. The van der Waals surface area contributed by atoms with E-state index in [1.165, 1.54) is 12.5 Å². The number of carbonyl (C=O) groups excluding carboxylic acids is 2. The molecule has 1 saturated heterocycles. The Bertz CT molecular complexity index is 758. The van der Waals surface area contributed by atoms with E-state index in [1.54, 1.807) is 11.8 Å². The van der Waals surface area contributed by atoms with Crippen molar-refractivity contribution in [2.45, 2.75) is 25.6 Å². The average molecular weight is 340 g/mol. The van der Waals surface area contributed by atoms with Crippen molar-refractivity contribution in [3.05, 3.63) is 59.7 Å². The number of carbonyl (C=O) groups is 2. The lowest BCUT2D eigenvalue weighted by Crippen LogP contribution is -2.28. The summed E-state index contributed by atoms with van der Waals surface area (Å²) in [5, 5.41) is 2.74. The summed E-state index contributed by atoms with van der Waals surface area (Å²) in [5.74, 6) is 0.527. The van der Waals surface area contributed by atoms with Gasteiger partial charge >= 0.3 is 0 Å². The van der Waals surface area contributed by atoms with Gasteiger partial charge in [-0.15, -0.1) is 11.8 Å². The van der Waals surface area contributed by atoms with Crippen molar-refractivity contribution in [3.8, 4) is 0 Å². The van der Waals surface area contributed by atoms with Crippen molar-refractivity contribution >= 4 is 35.0 Å². The molecule has 0 bridgehead atoms. The zero-order valence-corrected chi connectivity index (χ0v) is 14.6. The number of rotatable bonds is 4. The fourth-order valence-corrected chi connectivity index (χ4v) is 4.08. The predicted molar refractivity (Wildman–Crippen MR) is 99.3 cm³/mol. The van der Waals surface area contributed by atoms with Crippen LogP contribution >= 0.6 is 11.8 Å². The molecule has 4 nitrogen and oxygen atoms in total. The summed E-state index contributed by atoms with van der Waals surface area (Å²) in [4.78, 5) is 25.5. The highest BCUT2D eigenvalue weighted by Gasteiger charge is 2.34. The molecule has 0 aliphatic carbocycles. The molecule has 2 amide bonds. The van der Waals surface area contributed by atoms with Gasteiger partial charge in [0, 0.05) is 18.3 Å². The highest BCUT2D eigenvalue weighted by Crippen LogP contribution is 2.43. The van der Waals surface area contributed by atoms with Crippen LogP contribution in [0, 0.1) is 0 Å². The Kier molecular flexibility index (Phi) is 4.90. The minimum absolute atomic E-state index is 0.0309. The van der Waals surface area contributed by atoms with Crippen molar-refractivity contribution in [1.29, 1.82) is 0 Å². The molecule has 0 aromatic heterocycles. The number of hydrogen-bond donors (Lipinski definition) is 1. The molecule has 5 heteroatoms. The SMILES string of the molecule is CCc1ccccc1N1C(=O)CS[C@@H]1c1ccc(NC(C)=O)cc1. The quantitative estimate of drug-likeness (QED) is 0.916. The third-order valence-corrected chi connectivity index (χ3v) is 5.23. The Balaban J connectivity index is 1.92. The highest BCUT2D eigenvalue weighted by molar-refractivity contribution is 8.00. The molecule has 0 radical (unpaired) electrons. The monoisotopic (exact) mass is 340 g/mol. The van der Waals surface area contributed by atoms with Crippen molar-refractivity contribution in [2.75, 3.05) is 16.0 Å². The van der Waals surface area contributed by atoms with Gasteiger partial charge in [0.05, 0.1) is 5.75 Å². The Morgan fingerprint density at radius 3 is 2.58 bits per heavy atom. The minimum Gasteiger partial charge on any atom is -0.326 e. The summed E-state index contributed by atoms with van der Waals surface area (Å²) in [6.45, 7) is 3.59. The summed E-state index contributed by atoms with van der Waals surface area (Å²) in [6.07, 6.45) is 0.888. The molecule has 2 aromatic rings. The molecular formula is C19H20N2O2S. The second-order valence-electron chi connectivity index (χ2n) is 5.71. The molecule has 1 atom stereocenters. The predicted octanol–water partition coefficient (Wildman–Crippen LogP) is 3.99. The molecule has 1 heterocycles. The Morgan fingerprint density at radius 2 is 1.92 bits per heavy atom. The Morgan fingerprint density at radius 1 is 1.21 bits per heavy atom. The zero-order chi connectivity index (χ0) is 17.1. The van der Waals surface area contributed by atoms with Crippen molar-refractivity contribution in [3.63, 3.8) is 0 Å². The van der Waals surface area contributed by atoms with Crippen molar-refractivity contribution < 1.29 is 9.59 Å².